The van der Waals surface area contributed by atoms with Gasteiger partial charge in [0, 0.05) is 43.4 Å². The third-order valence-corrected chi connectivity index (χ3v) is 2.38. The van der Waals surface area contributed by atoms with Gasteiger partial charge in [-0.3, -0.25) is 9.78 Å². The Labute approximate surface area is 105 Å². The van der Waals surface area contributed by atoms with E-state index in [1.165, 1.54) is 6.20 Å². The largest absolute Gasteiger partial charge is 0.350 e. The van der Waals surface area contributed by atoms with E-state index in [2.05, 4.69) is 21.2 Å². The van der Waals surface area contributed by atoms with Gasteiger partial charge in [-0.05, 0) is 6.07 Å². The number of carbonyl (C=O) groups is 1. The third-order valence-electron chi connectivity index (χ3n) is 2.38. The van der Waals surface area contributed by atoms with E-state index in [0.717, 1.165) is 0 Å². The molecule has 0 spiro atoms. The van der Waals surface area contributed by atoms with Crippen LogP contribution in [0.3, 0.4) is 0 Å². The molecule has 1 amide bonds. The van der Waals surface area contributed by atoms with Crippen molar-refractivity contribution in [2.45, 2.75) is 6.54 Å². The molecule has 0 fully saturated rings. The van der Waals surface area contributed by atoms with E-state index in [-0.39, 0.29) is 5.91 Å². The maximum atomic E-state index is 11.8. The molecule has 2 rings (SSSR count). The van der Waals surface area contributed by atoms with Gasteiger partial charge in [0.15, 0.2) is 0 Å². The van der Waals surface area contributed by atoms with Crippen LogP contribution in [0.2, 0.25) is 0 Å². The number of rotatable bonds is 4. The van der Waals surface area contributed by atoms with Crippen molar-refractivity contribution in [3.63, 3.8) is 0 Å². The van der Waals surface area contributed by atoms with Crippen LogP contribution in [-0.2, 0) is 6.54 Å². The molecule has 2 heterocycles. The lowest BCUT2D eigenvalue weighted by atomic mass is 10.2. The first-order chi connectivity index (χ1) is 8.79. The quantitative estimate of drug-likeness (QED) is 0.800. The number of hydrogen-bond donors (Lipinski definition) is 1. The summed E-state index contributed by atoms with van der Waals surface area (Å²) in [5.41, 5.74) is 1.06. The zero-order valence-electron chi connectivity index (χ0n) is 9.71. The van der Waals surface area contributed by atoms with Gasteiger partial charge >= 0.3 is 0 Å². The highest BCUT2D eigenvalue weighted by Crippen LogP contribution is 2.01. The maximum Gasteiger partial charge on any atom is 0.252 e. The Hall–Kier alpha value is -2.61. The Morgan fingerprint density at radius 3 is 3.06 bits per heavy atom. The van der Waals surface area contributed by atoms with Gasteiger partial charge in [0.05, 0.1) is 11.9 Å². The normalized spacial score (nSPS) is 9.72. The smallest absolute Gasteiger partial charge is 0.252 e. The highest BCUT2D eigenvalue weighted by molar-refractivity contribution is 5.94. The van der Waals surface area contributed by atoms with Crippen molar-refractivity contribution in [1.82, 2.24) is 19.9 Å². The van der Waals surface area contributed by atoms with Gasteiger partial charge in [-0.25, -0.2) is 4.98 Å². The summed E-state index contributed by atoms with van der Waals surface area (Å²) in [7, 11) is 0. The van der Waals surface area contributed by atoms with Crippen LogP contribution in [0.5, 0.6) is 0 Å². The molecule has 0 radical (unpaired) electrons. The molecule has 5 heteroatoms. The zero-order valence-corrected chi connectivity index (χ0v) is 9.71. The number of terminal acetylenes is 1. The molecule has 2 aromatic heterocycles. The minimum Gasteiger partial charge on any atom is -0.350 e. The van der Waals surface area contributed by atoms with E-state index in [4.69, 9.17) is 6.42 Å². The van der Waals surface area contributed by atoms with E-state index in [1.54, 1.807) is 24.8 Å². The average Bonchev–Trinajstić information content (AvgIpc) is 2.92. The van der Waals surface area contributed by atoms with Crippen LogP contribution in [-0.4, -0.2) is 27.0 Å². The monoisotopic (exact) mass is 240 g/mol. The Morgan fingerprint density at radius 1 is 1.44 bits per heavy atom. The lowest BCUT2D eigenvalue weighted by Crippen LogP contribution is -2.27. The number of aromatic nitrogens is 3. The second-order valence-corrected chi connectivity index (χ2v) is 3.66. The van der Waals surface area contributed by atoms with E-state index >= 15 is 0 Å². The fourth-order valence-electron chi connectivity index (χ4n) is 1.46. The van der Waals surface area contributed by atoms with E-state index < -0.39 is 0 Å². The Morgan fingerprint density at radius 2 is 2.33 bits per heavy atom. The van der Waals surface area contributed by atoms with Gasteiger partial charge in [0.1, 0.15) is 0 Å². The van der Waals surface area contributed by atoms with E-state index in [9.17, 15) is 4.79 Å². The predicted octanol–water partition coefficient (Wildman–Crippen LogP) is 0.689. The predicted molar refractivity (Wildman–Crippen MR) is 66.7 cm³/mol. The van der Waals surface area contributed by atoms with E-state index in [0.29, 0.717) is 24.2 Å². The van der Waals surface area contributed by atoms with Gasteiger partial charge in [0.2, 0.25) is 0 Å². The number of hydrogen-bond acceptors (Lipinski definition) is 3. The average molecular weight is 240 g/mol. The Balaban J connectivity index is 1.89. The number of amides is 1. The first-order valence-corrected chi connectivity index (χ1v) is 5.45. The van der Waals surface area contributed by atoms with Crippen molar-refractivity contribution in [2.75, 3.05) is 6.54 Å². The second kappa shape index (κ2) is 5.64. The van der Waals surface area contributed by atoms with Gasteiger partial charge in [-0.2, -0.15) is 0 Å². The van der Waals surface area contributed by atoms with Crippen molar-refractivity contribution in [2.24, 2.45) is 0 Å². The molecule has 0 unspecified atom stereocenters. The van der Waals surface area contributed by atoms with Crippen LogP contribution in [0.25, 0.3) is 0 Å². The molecular weight excluding hydrogens is 228 g/mol. The number of pyridine rings is 1. The molecule has 0 atom stereocenters. The van der Waals surface area contributed by atoms with Gasteiger partial charge in [-0.1, -0.05) is 5.92 Å². The summed E-state index contributed by atoms with van der Waals surface area (Å²) in [5, 5.41) is 2.79. The van der Waals surface area contributed by atoms with E-state index in [1.807, 2.05) is 10.8 Å². The molecule has 0 aliphatic rings. The Bertz CT molecular complexity index is 569. The lowest BCUT2D eigenvalue weighted by molar-refractivity contribution is 0.0952. The summed E-state index contributed by atoms with van der Waals surface area (Å²) < 4.78 is 1.89. The van der Waals surface area contributed by atoms with Gasteiger partial charge in [-0.15, -0.1) is 6.42 Å². The molecule has 18 heavy (non-hydrogen) atoms. The summed E-state index contributed by atoms with van der Waals surface area (Å²) >= 11 is 0. The Kier molecular flexibility index (Phi) is 3.72. The van der Waals surface area contributed by atoms with Crippen LogP contribution < -0.4 is 5.32 Å². The van der Waals surface area contributed by atoms with Crippen molar-refractivity contribution < 1.29 is 4.79 Å². The maximum absolute atomic E-state index is 11.8. The van der Waals surface area contributed by atoms with Crippen LogP contribution in [0.1, 0.15) is 15.9 Å². The first kappa shape index (κ1) is 11.9. The van der Waals surface area contributed by atoms with Crippen molar-refractivity contribution in [3.05, 3.63) is 48.3 Å². The molecule has 1 N–H and O–H groups in total. The minimum atomic E-state index is -0.181. The van der Waals surface area contributed by atoms with Crippen LogP contribution >= 0.6 is 0 Å². The molecule has 0 saturated carbocycles. The molecule has 0 aliphatic carbocycles. The summed E-state index contributed by atoms with van der Waals surface area (Å²) in [4.78, 5) is 19.6. The van der Waals surface area contributed by atoms with Crippen LogP contribution in [0.15, 0.2) is 37.2 Å². The number of nitrogens with one attached hydrogen (secondary N) is 1. The standard InChI is InChI=1S/C13H12N4O/c1-2-11-7-12(9-15-8-11)13(18)16-4-6-17-5-3-14-10-17/h1,3,5,7-10H,4,6H2,(H,16,18). The SMILES string of the molecule is C#Cc1cncc(C(=O)NCCn2ccnc2)c1. The van der Waals surface area contributed by atoms with Crippen molar-refractivity contribution >= 4 is 5.91 Å². The number of nitrogens with zero attached hydrogens (tertiary/aromatic N) is 3. The highest BCUT2D eigenvalue weighted by atomic mass is 16.1. The third kappa shape index (κ3) is 2.95. The van der Waals surface area contributed by atoms with Crippen LogP contribution in [0.4, 0.5) is 0 Å². The summed E-state index contributed by atoms with van der Waals surface area (Å²) in [6.45, 7) is 1.20. The molecule has 0 aliphatic heterocycles. The number of imidazole rings is 1. The molecule has 0 bridgehead atoms. The molecule has 0 aromatic carbocycles. The van der Waals surface area contributed by atoms with Gasteiger partial charge in [0.25, 0.3) is 5.91 Å². The van der Waals surface area contributed by atoms with Crippen molar-refractivity contribution in [3.8, 4) is 12.3 Å². The molecule has 2 aromatic rings. The summed E-state index contributed by atoms with van der Waals surface area (Å²) in [6, 6.07) is 1.64. The second-order valence-electron chi connectivity index (χ2n) is 3.66. The zero-order chi connectivity index (χ0) is 12.8. The molecule has 90 valence electrons. The topological polar surface area (TPSA) is 59.8 Å². The molecular formula is C13H12N4O. The first-order valence-electron chi connectivity index (χ1n) is 5.45. The van der Waals surface area contributed by atoms with Gasteiger partial charge < -0.3 is 9.88 Å². The summed E-state index contributed by atoms with van der Waals surface area (Å²) in [5.74, 6) is 2.26. The minimum absolute atomic E-state index is 0.181. The summed E-state index contributed by atoms with van der Waals surface area (Å²) in [6.07, 6.45) is 13.5. The highest BCUT2D eigenvalue weighted by Gasteiger charge is 2.05. The lowest BCUT2D eigenvalue weighted by Gasteiger charge is -2.05. The molecule has 0 saturated heterocycles. The fourth-order valence-corrected chi connectivity index (χ4v) is 1.46. The fraction of sp³-hybridized carbons (Fsp3) is 0.154. The van der Waals surface area contributed by atoms with Crippen molar-refractivity contribution in [1.29, 1.82) is 0 Å². The number of carbonyl (C=O) groups excluding carboxylic acids is 1. The molecule has 5 nitrogen and oxygen atoms in total. The van der Waals surface area contributed by atoms with Crippen LogP contribution in [0, 0.1) is 12.3 Å².